The van der Waals surface area contributed by atoms with Crippen molar-refractivity contribution < 1.29 is 9.53 Å². The molecule has 0 spiro atoms. The van der Waals surface area contributed by atoms with Crippen LogP contribution in [-0.4, -0.2) is 37.0 Å². The molecule has 0 bridgehead atoms. The number of hydrogen-bond acceptors (Lipinski definition) is 2. The Kier molecular flexibility index (Phi) is 7.12. The van der Waals surface area contributed by atoms with Crippen LogP contribution < -0.4 is 0 Å². The second-order valence-corrected chi connectivity index (χ2v) is 4.08. The van der Waals surface area contributed by atoms with Gasteiger partial charge >= 0.3 is 29.9 Å². The molecule has 0 atom stereocenters. The topological polar surface area (TPSA) is 26.3 Å². The molecule has 0 heterocycles. The summed E-state index contributed by atoms with van der Waals surface area (Å²) < 4.78 is 4.80. The molecular formula is C10H22O2Sn. The summed E-state index contributed by atoms with van der Waals surface area (Å²) in [5, 5.41) is 0. The van der Waals surface area contributed by atoms with Gasteiger partial charge in [0.1, 0.15) is 0 Å². The molecule has 0 unspecified atom stereocenters. The first-order valence-electron chi connectivity index (χ1n) is 4.45. The van der Waals surface area contributed by atoms with Gasteiger partial charge in [-0.25, -0.2) is 0 Å². The van der Waals surface area contributed by atoms with Crippen molar-refractivity contribution in [3.63, 3.8) is 0 Å². The SMILES string of the molecule is COC(=O)C(C)(C(C)C)C(C)C.[SnH2]. The quantitative estimate of drug-likeness (QED) is 0.583. The monoisotopic (exact) mass is 294 g/mol. The summed E-state index contributed by atoms with van der Waals surface area (Å²) in [6.07, 6.45) is 0. The van der Waals surface area contributed by atoms with Crippen LogP contribution in [0.5, 0.6) is 0 Å². The van der Waals surface area contributed by atoms with E-state index >= 15 is 0 Å². The molecule has 0 aromatic rings. The van der Waals surface area contributed by atoms with E-state index in [4.69, 9.17) is 4.74 Å². The van der Waals surface area contributed by atoms with Crippen molar-refractivity contribution in [1.29, 1.82) is 0 Å². The normalized spacial score (nSPS) is 11.4. The van der Waals surface area contributed by atoms with Gasteiger partial charge in [-0.15, -0.1) is 0 Å². The third-order valence-electron chi connectivity index (χ3n) is 3.02. The zero-order valence-corrected chi connectivity index (χ0v) is 13.7. The van der Waals surface area contributed by atoms with E-state index in [-0.39, 0.29) is 35.3 Å². The van der Waals surface area contributed by atoms with Crippen LogP contribution in [0, 0.1) is 17.3 Å². The molecule has 2 radical (unpaired) electrons. The number of esters is 1. The number of methoxy groups -OCH3 is 1. The summed E-state index contributed by atoms with van der Waals surface area (Å²) in [7, 11) is 1.45. The molecule has 0 N–H and O–H groups in total. The molecule has 0 saturated heterocycles. The Morgan fingerprint density at radius 1 is 1.15 bits per heavy atom. The molecule has 0 aliphatic rings. The van der Waals surface area contributed by atoms with E-state index in [9.17, 15) is 4.79 Å². The predicted molar refractivity (Wildman–Crippen MR) is 58.3 cm³/mol. The molecule has 0 rings (SSSR count). The number of rotatable bonds is 3. The van der Waals surface area contributed by atoms with E-state index < -0.39 is 0 Å². The van der Waals surface area contributed by atoms with Crippen LogP contribution >= 0.6 is 0 Å². The van der Waals surface area contributed by atoms with Crippen molar-refractivity contribution >= 4 is 29.9 Å². The minimum absolute atomic E-state index is 0. The fraction of sp³-hybridized carbons (Fsp3) is 0.900. The summed E-state index contributed by atoms with van der Waals surface area (Å²) in [5.41, 5.74) is -0.352. The summed E-state index contributed by atoms with van der Waals surface area (Å²) in [4.78, 5) is 11.5. The Balaban J connectivity index is 0. The van der Waals surface area contributed by atoms with Crippen LogP contribution in [0.2, 0.25) is 0 Å². The zero-order chi connectivity index (χ0) is 9.94. The Labute approximate surface area is 98.4 Å². The van der Waals surface area contributed by atoms with Gasteiger partial charge in [-0.1, -0.05) is 27.7 Å². The van der Waals surface area contributed by atoms with Crippen LogP contribution in [0.1, 0.15) is 34.6 Å². The number of carbonyl (C=O) groups excluding carboxylic acids is 1. The Morgan fingerprint density at radius 3 is 1.54 bits per heavy atom. The standard InChI is InChI=1S/C10H20O2.Sn.2H/c1-7(2)10(5,8(3)4)9(11)12-6;;;/h7-8H,1-6H3;;;. The molecular weight excluding hydrogens is 271 g/mol. The van der Waals surface area contributed by atoms with Gasteiger partial charge in [0.2, 0.25) is 0 Å². The minimum atomic E-state index is -0.352. The molecule has 0 fully saturated rings. The van der Waals surface area contributed by atoms with E-state index in [0.29, 0.717) is 11.8 Å². The molecule has 0 aromatic heterocycles. The Bertz CT molecular complexity index is 156. The first-order chi connectivity index (χ1) is 5.37. The van der Waals surface area contributed by atoms with E-state index in [1.165, 1.54) is 7.11 Å². The summed E-state index contributed by atoms with van der Waals surface area (Å²) in [6.45, 7) is 10.2. The van der Waals surface area contributed by atoms with Gasteiger partial charge in [0.05, 0.1) is 12.5 Å². The molecule has 13 heavy (non-hydrogen) atoms. The summed E-state index contributed by atoms with van der Waals surface area (Å²) in [6, 6.07) is 0. The Morgan fingerprint density at radius 2 is 1.46 bits per heavy atom. The first-order valence-corrected chi connectivity index (χ1v) is 4.45. The van der Waals surface area contributed by atoms with Crippen molar-refractivity contribution in [2.75, 3.05) is 7.11 Å². The van der Waals surface area contributed by atoms with E-state index in [1.54, 1.807) is 0 Å². The fourth-order valence-electron chi connectivity index (χ4n) is 1.36. The van der Waals surface area contributed by atoms with E-state index in [0.717, 1.165) is 0 Å². The van der Waals surface area contributed by atoms with Crippen molar-refractivity contribution in [2.24, 2.45) is 17.3 Å². The third kappa shape index (κ3) is 3.15. The van der Waals surface area contributed by atoms with Crippen molar-refractivity contribution in [1.82, 2.24) is 0 Å². The molecule has 0 amide bonds. The van der Waals surface area contributed by atoms with Crippen LogP contribution in [-0.2, 0) is 9.53 Å². The maximum atomic E-state index is 11.5. The number of carbonyl (C=O) groups is 1. The molecule has 0 saturated carbocycles. The predicted octanol–water partition coefficient (Wildman–Crippen LogP) is 1.56. The first kappa shape index (κ1) is 15.7. The van der Waals surface area contributed by atoms with Crippen molar-refractivity contribution in [3.8, 4) is 0 Å². The van der Waals surface area contributed by atoms with Crippen LogP contribution in [0.25, 0.3) is 0 Å². The molecule has 2 nitrogen and oxygen atoms in total. The maximum absolute atomic E-state index is 11.5. The average Bonchev–Trinajstić information content (AvgIpc) is 2.00. The second-order valence-electron chi connectivity index (χ2n) is 4.08. The van der Waals surface area contributed by atoms with Crippen LogP contribution in [0.15, 0.2) is 0 Å². The summed E-state index contributed by atoms with van der Waals surface area (Å²) >= 11 is 0. The molecule has 0 aliphatic heterocycles. The number of ether oxygens (including phenoxy) is 1. The fourth-order valence-corrected chi connectivity index (χ4v) is 1.36. The van der Waals surface area contributed by atoms with Gasteiger partial charge in [0, 0.05) is 0 Å². The van der Waals surface area contributed by atoms with E-state index in [1.807, 2.05) is 6.92 Å². The van der Waals surface area contributed by atoms with Crippen LogP contribution in [0.4, 0.5) is 0 Å². The third-order valence-corrected chi connectivity index (χ3v) is 3.02. The van der Waals surface area contributed by atoms with Crippen molar-refractivity contribution in [3.05, 3.63) is 0 Å². The molecule has 3 heteroatoms. The van der Waals surface area contributed by atoms with Crippen LogP contribution in [0.3, 0.4) is 0 Å². The zero-order valence-electron chi connectivity index (χ0n) is 9.68. The molecule has 0 aliphatic carbocycles. The number of hydrogen-bond donors (Lipinski definition) is 0. The van der Waals surface area contributed by atoms with Gasteiger partial charge in [0.25, 0.3) is 0 Å². The van der Waals surface area contributed by atoms with Gasteiger partial charge in [-0.05, 0) is 18.8 Å². The average molecular weight is 293 g/mol. The van der Waals surface area contributed by atoms with E-state index in [2.05, 4.69) is 27.7 Å². The van der Waals surface area contributed by atoms with Gasteiger partial charge in [-0.2, -0.15) is 0 Å². The Hall–Kier alpha value is 0.269. The molecule has 78 valence electrons. The van der Waals surface area contributed by atoms with Gasteiger partial charge in [-0.3, -0.25) is 4.79 Å². The van der Waals surface area contributed by atoms with Gasteiger partial charge < -0.3 is 4.74 Å². The van der Waals surface area contributed by atoms with Crippen molar-refractivity contribution in [2.45, 2.75) is 34.6 Å². The molecule has 0 aromatic carbocycles. The summed E-state index contributed by atoms with van der Waals surface area (Å²) in [5.74, 6) is 0.516. The second kappa shape index (κ2) is 5.89. The van der Waals surface area contributed by atoms with Gasteiger partial charge in [0.15, 0.2) is 0 Å².